The van der Waals surface area contributed by atoms with Crippen molar-refractivity contribution in [1.29, 1.82) is 0 Å². The minimum atomic E-state index is 0.348. The normalized spacial score (nSPS) is 16.5. The lowest BCUT2D eigenvalue weighted by molar-refractivity contribution is 0.415. The summed E-state index contributed by atoms with van der Waals surface area (Å²) in [7, 11) is 3.43. The summed E-state index contributed by atoms with van der Waals surface area (Å²) in [6.45, 7) is 2.50. The van der Waals surface area contributed by atoms with Gasteiger partial charge >= 0.3 is 0 Å². The highest BCUT2D eigenvalue weighted by Gasteiger charge is 2.23. The number of para-hydroxylation sites is 1. The lowest BCUT2D eigenvalue weighted by Crippen LogP contribution is -2.44. The second-order valence-corrected chi connectivity index (χ2v) is 7.17. The first kappa shape index (κ1) is 19.8. The molecule has 30 heavy (non-hydrogen) atoms. The molecule has 3 N–H and O–H groups in total. The molecular formula is C22H27N7O. The molecular weight excluding hydrogens is 378 g/mol. The molecule has 0 spiro atoms. The van der Waals surface area contributed by atoms with E-state index in [9.17, 15) is 0 Å². The summed E-state index contributed by atoms with van der Waals surface area (Å²) < 4.78 is 5.19. The second kappa shape index (κ2) is 9.30. The van der Waals surface area contributed by atoms with Gasteiger partial charge in [-0.05, 0) is 42.8 Å². The molecule has 1 unspecified atom stereocenters. The third-order valence-corrected chi connectivity index (χ3v) is 5.18. The first-order valence-electron chi connectivity index (χ1n) is 10.1. The molecule has 1 fully saturated rings. The Hall–Kier alpha value is -3.55. The quantitative estimate of drug-likeness (QED) is 0.431. The second-order valence-electron chi connectivity index (χ2n) is 7.17. The summed E-state index contributed by atoms with van der Waals surface area (Å²) in [6, 6.07) is 18.5. The van der Waals surface area contributed by atoms with Crippen LogP contribution in [0.25, 0.3) is 11.4 Å². The Morgan fingerprint density at radius 3 is 2.73 bits per heavy atom. The van der Waals surface area contributed by atoms with Crippen LogP contribution in [0.15, 0.2) is 59.6 Å². The number of guanidine groups is 1. The van der Waals surface area contributed by atoms with Gasteiger partial charge in [-0.2, -0.15) is 5.10 Å². The monoisotopic (exact) mass is 405 g/mol. The molecule has 1 aliphatic heterocycles. The summed E-state index contributed by atoms with van der Waals surface area (Å²) >= 11 is 0. The fourth-order valence-corrected chi connectivity index (χ4v) is 3.55. The average Bonchev–Trinajstić information content (AvgIpc) is 3.47. The van der Waals surface area contributed by atoms with Gasteiger partial charge in [0.25, 0.3) is 0 Å². The van der Waals surface area contributed by atoms with Crippen LogP contribution in [0.2, 0.25) is 0 Å². The largest absolute Gasteiger partial charge is 0.497 e. The molecule has 8 heteroatoms. The Morgan fingerprint density at radius 1 is 1.20 bits per heavy atom. The summed E-state index contributed by atoms with van der Waals surface area (Å²) in [5, 5.41) is 14.1. The maximum absolute atomic E-state index is 5.19. The van der Waals surface area contributed by atoms with E-state index in [1.165, 1.54) is 5.69 Å². The molecule has 0 bridgehead atoms. The van der Waals surface area contributed by atoms with Crippen molar-refractivity contribution in [2.45, 2.75) is 19.0 Å². The molecule has 0 radical (unpaired) electrons. The van der Waals surface area contributed by atoms with E-state index >= 15 is 0 Å². The topological polar surface area (TPSA) is 90.5 Å². The lowest BCUT2D eigenvalue weighted by atomic mass is 10.2. The zero-order valence-electron chi connectivity index (χ0n) is 17.3. The maximum Gasteiger partial charge on any atom is 0.191 e. The fourth-order valence-electron chi connectivity index (χ4n) is 3.55. The number of methoxy groups -OCH3 is 1. The van der Waals surface area contributed by atoms with Crippen LogP contribution in [0.1, 0.15) is 12.2 Å². The van der Waals surface area contributed by atoms with Crippen molar-refractivity contribution in [3.63, 3.8) is 0 Å². The number of hydrogen-bond donors (Lipinski definition) is 3. The van der Waals surface area contributed by atoms with Crippen molar-refractivity contribution < 1.29 is 4.74 Å². The van der Waals surface area contributed by atoms with Crippen molar-refractivity contribution in [2.75, 3.05) is 32.1 Å². The van der Waals surface area contributed by atoms with Gasteiger partial charge in [0.15, 0.2) is 11.8 Å². The highest BCUT2D eigenvalue weighted by Crippen LogP contribution is 2.20. The average molecular weight is 406 g/mol. The molecule has 4 rings (SSSR count). The van der Waals surface area contributed by atoms with Crippen LogP contribution in [0.5, 0.6) is 5.75 Å². The van der Waals surface area contributed by atoms with Gasteiger partial charge in [0.1, 0.15) is 11.6 Å². The van der Waals surface area contributed by atoms with E-state index in [0.717, 1.165) is 42.6 Å². The van der Waals surface area contributed by atoms with E-state index in [2.05, 4.69) is 60.0 Å². The van der Waals surface area contributed by atoms with E-state index in [-0.39, 0.29) is 0 Å². The third-order valence-electron chi connectivity index (χ3n) is 5.18. The van der Waals surface area contributed by atoms with Gasteiger partial charge in [0.2, 0.25) is 0 Å². The van der Waals surface area contributed by atoms with E-state index < -0.39 is 0 Å². The number of nitrogens with one attached hydrogen (secondary N) is 3. The van der Waals surface area contributed by atoms with Crippen LogP contribution < -0.4 is 20.3 Å². The highest BCUT2D eigenvalue weighted by atomic mass is 16.5. The number of aromatic amines is 1. The molecule has 8 nitrogen and oxygen atoms in total. The SMILES string of the molecule is CN=C(NCc1nc(-c2ccc(OC)cc2)n[nH]1)NC1CCN(c2ccccc2)C1. The molecule has 1 aliphatic rings. The Bertz CT molecular complexity index is 969. The molecule has 1 saturated heterocycles. The summed E-state index contributed by atoms with van der Waals surface area (Å²) in [4.78, 5) is 11.3. The zero-order chi connectivity index (χ0) is 20.8. The van der Waals surface area contributed by atoms with Gasteiger partial charge in [-0.1, -0.05) is 18.2 Å². The zero-order valence-corrected chi connectivity index (χ0v) is 17.3. The number of anilines is 1. The number of H-pyrrole nitrogens is 1. The number of nitrogens with zero attached hydrogens (tertiary/aromatic N) is 4. The van der Waals surface area contributed by atoms with Crippen LogP contribution in [-0.2, 0) is 6.54 Å². The van der Waals surface area contributed by atoms with Crippen LogP contribution >= 0.6 is 0 Å². The standard InChI is InChI=1S/C22H27N7O/c1-23-22(25-17-12-13-29(15-17)18-6-4-3-5-7-18)24-14-20-26-21(28-27-20)16-8-10-19(30-2)11-9-16/h3-11,17H,12-15H2,1-2H3,(H2,23,24,25)(H,26,27,28). The number of rotatable bonds is 6. The van der Waals surface area contributed by atoms with Crippen LogP contribution in [0.4, 0.5) is 5.69 Å². The molecule has 3 aromatic rings. The molecule has 0 saturated carbocycles. The number of benzene rings is 2. The lowest BCUT2D eigenvalue weighted by Gasteiger charge is -2.20. The summed E-state index contributed by atoms with van der Waals surface area (Å²) in [5.74, 6) is 2.98. The van der Waals surface area contributed by atoms with Gasteiger partial charge in [0, 0.05) is 37.4 Å². The van der Waals surface area contributed by atoms with Crippen LogP contribution in [0.3, 0.4) is 0 Å². The Balaban J connectivity index is 1.29. The predicted octanol–water partition coefficient (Wildman–Crippen LogP) is 2.42. The maximum atomic E-state index is 5.19. The minimum Gasteiger partial charge on any atom is -0.497 e. The first-order valence-corrected chi connectivity index (χ1v) is 10.1. The summed E-state index contributed by atoms with van der Waals surface area (Å²) in [5.41, 5.74) is 2.20. The highest BCUT2D eigenvalue weighted by molar-refractivity contribution is 5.80. The van der Waals surface area contributed by atoms with Gasteiger partial charge in [-0.15, -0.1) is 0 Å². The van der Waals surface area contributed by atoms with Crippen molar-refractivity contribution in [3.05, 3.63) is 60.4 Å². The van der Waals surface area contributed by atoms with Crippen molar-refractivity contribution in [1.82, 2.24) is 25.8 Å². The smallest absolute Gasteiger partial charge is 0.191 e. The molecule has 2 aromatic carbocycles. The number of hydrogen-bond acceptors (Lipinski definition) is 5. The van der Waals surface area contributed by atoms with E-state index in [0.29, 0.717) is 18.4 Å². The van der Waals surface area contributed by atoms with Crippen LogP contribution in [-0.4, -0.2) is 54.4 Å². The van der Waals surface area contributed by atoms with Crippen LogP contribution in [0, 0.1) is 0 Å². The number of aromatic nitrogens is 3. The fraction of sp³-hybridized carbons (Fsp3) is 0.318. The van der Waals surface area contributed by atoms with Crippen molar-refractivity contribution in [3.8, 4) is 17.1 Å². The van der Waals surface area contributed by atoms with E-state index in [1.807, 2.05) is 30.3 Å². The molecule has 156 valence electrons. The molecule has 1 atom stereocenters. The molecule has 0 aliphatic carbocycles. The Morgan fingerprint density at radius 2 is 2.00 bits per heavy atom. The van der Waals surface area contributed by atoms with E-state index in [1.54, 1.807) is 14.2 Å². The van der Waals surface area contributed by atoms with E-state index in [4.69, 9.17) is 4.74 Å². The number of aliphatic imine (C=N–C) groups is 1. The third kappa shape index (κ3) is 4.71. The van der Waals surface area contributed by atoms with Crippen molar-refractivity contribution >= 4 is 11.6 Å². The number of ether oxygens (including phenoxy) is 1. The van der Waals surface area contributed by atoms with Gasteiger partial charge in [0.05, 0.1) is 13.7 Å². The molecule has 2 heterocycles. The Kier molecular flexibility index (Phi) is 6.12. The first-order chi connectivity index (χ1) is 14.7. The Labute approximate surface area is 176 Å². The van der Waals surface area contributed by atoms with Gasteiger partial charge in [-0.3, -0.25) is 10.1 Å². The molecule has 1 aromatic heterocycles. The van der Waals surface area contributed by atoms with Crippen molar-refractivity contribution in [2.24, 2.45) is 4.99 Å². The molecule has 0 amide bonds. The van der Waals surface area contributed by atoms with Gasteiger partial charge < -0.3 is 20.3 Å². The minimum absolute atomic E-state index is 0.348. The predicted molar refractivity (Wildman–Crippen MR) is 119 cm³/mol. The summed E-state index contributed by atoms with van der Waals surface area (Å²) in [6.07, 6.45) is 1.07. The van der Waals surface area contributed by atoms with Gasteiger partial charge in [-0.25, -0.2) is 4.98 Å².